The number of hydrogen-bond acceptors (Lipinski definition) is 5. The van der Waals surface area contributed by atoms with E-state index in [1.807, 2.05) is 0 Å². The van der Waals surface area contributed by atoms with Gasteiger partial charge < -0.3 is 10.4 Å². The molecule has 0 fully saturated rings. The van der Waals surface area contributed by atoms with Gasteiger partial charge in [0, 0.05) is 30.0 Å². The molecular formula is C13H16N2O5S. The van der Waals surface area contributed by atoms with E-state index in [0.717, 1.165) is 4.90 Å². The van der Waals surface area contributed by atoms with Crippen LogP contribution in [0.25, 0.3) is 0 Å². The molecule has 1 aromatic carbocycles. The van der Waals surface area contributed by atoms with E-state index in [9.17, 15) is 19.7 Å². The lowest BCUT2D eigenvalue weighted by Crippen LogP contribution is -2.26. The molecule has 0 aliphatic rings. The highest BCUT2D eigenvalue weighted by molar-refractivity contribution is 8.00. The number of nitro groups is 1. The van der Waals surface area contributed by atoms with Crippen LogP contribution in [0, 0.1) is 10.1 Å². The molecule has 1 amide bonds. The molecule has 0 atom stereocenters. The highest BCUT2D eigenvalue weighted by atomic mass is 32.2. The van der Waals surface area contributed by atoms with E-state index >= 15 is 0 Å². The summed E-state index contributed by atoms with van der Waals surface area (Å²) in [7, 11) is 0. The Bertz CT molecular complexity index is 504. The van der Waals surface area contributed by atoms with Gasteiger partial charge in [-0.3, -0.25) is 19.7 Å². The van der Waals surface area contributed by atoms with Crippen LogP contribution in [0.3, 0.4) is 0 Å². The molecule has 0 saturated carbocycles. The number of amides is 1. The molecule has 8 heteroatoms. The summed E-state index contributed by atoms with van der Waals surface area (Å²) in [4.78, 5) is 32.6. The van der Waals surface area contributed by atoms with Crippen molar-refractivity contribution < 1.29 is 19.6 Å². The fraction of sp³-hybridized carbons (Fsp3) is 0.385. The SMILES string of the molecule is O=C(O)CCCCNC(=O)CSc1ccc([N+](=O)[O-])cc1. The second-order valence-corrected chi connectivity index (χ2v) is 5.29. The van der Waals surface area contributed by atoms with Gasteiger partial charge in [-0.1, -0.05) is 0 Å². The fourth-order valence-corrected chi connectivity index (χ4v) is 2.22. The number of aliphatic carboxylic acids is 1. The summed E-state index contributed by atoms with van der Waals surface area (Å²) in [5.74, 6) is -0.764. The first kappa shape index (κ1) is 17.0. The number of carboxylic acids is 1. The summed E-state index contributed by atoms with van der Waals surface area (Å²) in [6.45, 7) is 0.451. The number of nitrogens with zero attached hydrogens (tertiary/aromatic N) is 1. The minimum absolute atomic E-state index is 0.0160. The van der Waals surface area contributed by atoms with Gasteiger partial charge in [0.25, 0.3) is 5.69 Å². The summed E-state index contributed by atoms with van der Waals surface area (Å²) in [6.07, 6.45) is 1.26. The van der Waals surface area contributed by atoms with E-state index < -0.39 is 10.9 Å². The van der Waals surface area contributed by atoms with Crippen molar-refractivity contribution in [3.05, 3.63) is 34.4 Å². The van der Waals surface area contributed by atoms with E-state index in [0.29, 0.717) is 19.4 Å². The molecule has 0 bridgehead atoms. The lowest BCUT2D eigenvalue weighted by atomic mass is 10.2. The third-order valence-corrected chi connectivity index (χ3v) is 3.57. The quantitative estimate of drug-likeness (QED) is 0.312. The predicted octanol–water partition coefficient (Wildman–Crippen LogP) is 2.06. The zero-order valence-electron chi connectivity index (χ0n) is 11.3. The van der Waals surface area contributed by atoms with Gasteiger partial charge in [-0.05, 0) is 25.0 Å². The third kappa shape index (κ3) is 7.31. The second-order valence-electron chi connectivity index (χ2n) is 4.24. The van der Waals surface area contributed by atoms with E-state index in [-0.39, 0.29) is 23.8 Å². The van der Waals surface area contributed by atoms with Crippen LogP contribution in [0.1, 0.15) is 19.3 Å². The van der Waals surface area contributed by atoms with Gasteiger partial charge in [-0.25, -0.2) is 0 Å². The molecule has 7 nitrogen and oxygen atoms in total. The molecule has 0 heterocycles. The molecule has 0 aliphatic heterocycles. The molecule has 0 spiro atoms. The molecule has 0 radical (unpaired) electrons. The van der Waals surface area contributed by atoms with Gasteiger partial charge in [0.2, 0.25) is 5.91 Å². The van der Waals surface area contributed by atoms with Crippen molar-refractivity contribution in [1.29, 1.82) is 0 Å². The molecule has 1 aromatic rings. The maximum Gasteiger partial charge on any atom is 0.303 e. The summed E-state index contributed by atoms with van der Waals surface area (Å²) in [5.41, 5.74) is 0.0160. The van der Waals surface area contributed by atoms with E-state index in [1.54, 1.807) is 12.1 Å². The Morgan fingerprint density at radius 2 is 1.90 bits per heavy atom. The van der Waals surface area contributed by atoms with Crippen LogP contribution < -0.4 is 5.32 Å². The van der Waals surface area contributed by atoms with Crippen LogP contribution in [0.15, 0.2) is 29.2 Å². The van der Waals surface area contributed by atoms with Gasteiger partial charge in [-0.2, -0.15) is 0 Å². The molecule has 1 rings (SSSR count). The summed E-state index contributed by atoms with van der Waals surface area (Å²) < 4.78 is 0. The molecule has 0 aliphatic carbocycles. The van der Waals surface area contributed by atoms with Crippen LogP contribution in [0.4, 0.5) is 5.69 Å². The van der Waals surface area contributed by atoms with Gasteiger partial charge in [0.15, 0.2) is 0 Å². The Morgan fingerprint density at radius 3 is 2.48 bits per heavy atom. The van der Waals surface area contributed by atoms with Crippen LogP contribution in [-0.4, -0.2) is 34.2 Å². The number of non-ortho nitro benzene ring substituents is 1. The number of unbranched alkanes of at least 4 members (excludes halogenated alkanes) is 1. The average molecular weight is 312 g/mol. The Balaban J connectivity index is 2.20. The van der Waals surface area contributed by atoms with Crippen molar-refractivity contribution in [2.45, 2.75) is 24.2 Å². The number of thioether (sulfide) groups is 1. The maximum absolute atomic E-state index is 11.5. The Kier molecular flexibility index (Phi) is 7.24. The first-order valence-corrected chi connectivity index (χ1v) is 7.33. The summed E-state index contributed by atoms with van der Waals surface area (Å²) in [5, 5.41) is 21.6. The lowest BCUT2D eigenvalue weighted by Gasteiger charge is -2.04. The molecule has 0 aromatic heterocycles. The number of hydrogen-bond donors (Lipinski definition) is 2. The normalized spacial score (nSPS) is 10.1. The molecule has 0 unspecified atom stereocenters. The number of carbonyl (C=O) groups excluding carboxylic acids is 1. The van der Waals surface area contributed by atoms with Crippen LogP contribution in [-0.2, 0) is 9.59 Å². The van der Waals surface area contributed by atoms with E-state index in [4.69, 9.17) is 5.11 Å². The first-order chi connectivity index (χ1) is 9.99. The Hall–Kier alpha value is -2.09. The number of nitro benzene ring substituents is 1. The zero-order valence-corrected chi connectivity index (χ0v) is 12.1. The first-order valence-electron chi connectivity index (χ1n) is 6.35. The monoisotopic (exact) mass is 312 g/mol. The maximum atomic E-state index is 11.5. The van der Waals surface area contributed by atoms with Crippen molar-refractivity contribution in [1.82, 2.24) is 5.32 Å². The predicted molar refractivity (Wildman–Crippen MR) is 78.3 cm³/mol. The summed E-state index contributed by atoms with van der Waals surface area (Å²) >= 11 is 1.29. The highest BCUT2D eigenvalue weighted by Gasteiger charge is 2.06. The minimum Gasteiger partial charge on any atom is -0.481 e. The lowest BCUT2D eigenvalue weighted by molar-refractivity contribution is -0.384. The molecular weight excluding hydrogens is 296 g/mol. The van der Waals surface area contributed by atoms with Crippen molar-refractivity contribution in [3.8, 4) is 0 Å². The van der Waals surface area contributed by atoms with Crippen LogP contribution in [0.5, 0.6) is 0 Å². The molecule has 0 saturated heterocycles. The summed E-state index contributed by atoms with van der Waals surface area (Å²) in [6, 6.07) is 5.99. The number of rotatable bonds is 9. The second kappa shape index (κ2) is 8.96. The topological polar surface area (TPSA) is 110 Å². The zero-order chi connectivity index (χ0) is 15.7. The number of nitrogens with one attached hydrogen (secondary N) is 1. The van der Waals surface area contributed by atoms with Gasteiger partial charge >= 0.3 is 5.97 Å². The number of benzene rings is 1. The molecule has 114 valence electrons. The minimum atomic E-state index is -0.838. The third-order valence-electron chi connectivity index (χ3n) is 2.56. The Morgan fingerprint density at radius 1 is 1.24 bits per heavy atom. The van der Waals surface area contributed by atoms with Gasteiger partial charge in [0.1, 0.15) is 0 Å². The van der Waals surface area contributed by atoms with Crippen molar-refractivity contribution in [2.75, 3.05) is 12.3 Å². The van der Waals surface area contributed by atoms with Crippen molar-refractivity contribution in [2.24, 2.45) is 0 Å². The standard InChI is InChI=1S/C13H16N2O5S/c16-12(14-8-2-1-3-13(17)18)9-21-11-6-4-10(5-7-11)15(19)20/h4-7H,1-3,8-9H2,(H,14,16)(H,17,18). The number of carboxylic acid groups (broad SMARTS) is 1. The smallest absolute Gasteiger partial charge is 0.303 e. The van der Waals surface area contributed by atoms with Crippen LogP contribution >= 0.6 is 11.8 Å². The van der Waals surface area contributed by atoms with Gasteiger partial charge in [0.05, 0.1) is 10.7 Å². The van der Waals surface area contributed by atoms with Crippen molar-refractivity contribution >= 4 is 29.3 Å². The molecule has 2 N–H and O–H groups in total. The Labute approximate surface area is 125 Å². The molecule has 21 heavy (non-hydrogen) atoms. The number of carbonyl (C=O) groups is 2. The van der Waals surface area contributed by atoms with E-state index in [2.05, 4.69) is 5.32 Å². The van der Waals surface area contributed by atoms with Gasteiger partial charge in [-0.15, -0.1) is 11.8 Å². The van der Waals surface area contributed by atoms with E-state index in [1.165, 1.54) is 23.9 Å². The largest absolute Gasteiger partial charge is 0.481 e. The average Bonchev–Trinajstić information content (AvgIpc) is 2.44. The van der Waals surface area contributed by atoms with Crippen molar-refractivity contribution in [3.63, 3.8) is 0 Å². The highest BCUT2D eigenvalue weighted by Crippen LogP contribution is 2.20. The fourth-order valence-electron chi connectivity index (χ4n) is 1.49. The van der Waals surface area contributed by atoms with Crippen LogP contribution in [0.2, 0.25) is 0 Å².